The van der Waals surface area contributed by atoms with Gasteiger partial charge in [0.1, 0.15) is 0 Å². The fourth-order valence-electron chi connectivity index (χ4n) is 3.06. The SMILES string of the molecule is CCC1CCC(NC(c2cccs2)C(C)C)CC1. The first kappa shape index (κ1) is 14.1. The van der Waals surface area contributed by atoms with E-state index in [0.717, 1.165) is 12.0 Å². The minimum absolute atomic E-state index is 0.549. The van der Waals surface area contributed by atoms with Crippen LogP contribution in [0.25, 0.3) is 0 Å². The molecule has 2 heteroatoms. The van der Waals surface area contributed by atoms with Crippen LogP contribution < -0.4 is 5.32 Å². The highest BCUT2D eigenvalue weighted by Gasteiger charge is 2.24. The lowest BCUT2D eigenvalue weighted by molar-refractivity contribution is 0.253. The quantitative estimate of drug-likeness (QED) is 0.789. The van der Waals surface area contributed by atoms with Crippen LogP contribution >= 0.6 is 11.3 Å². The monoisotopic (exact) mass is 265 g/mol. The van der Waals surface area contributed by atoms with Gasteiger partial charge in [0.05, 0.1) is 0 Å². The third-order valence-electron chi connectivity index (χ3n) is 4.36. The predicted octanol–water partition coefficient (Wildman–Crippen LogP) is 5.00. The van der Waals surface area contributed by atoms with Crippen molar-refractivity contribution in [3.8, 4) is 0 Å². The van der Waals surface area contributed by atoms with Gasteiger partial charge >= 0.3 is 0 Å². The third-order valence-corrected chi connectivity index (χ3v) is 5.31. The van der Waals surface area contributed by atoms with Crippen molar-refractivity contribution < 1.29 is 0 Å². The normalized spacial score (nSPS) is 26.4. The van der Waals surface area contributed by atoms with Crippen LogP contribution in [-0.2, 0) is 0 Å². The Morgan fingerprint density at radius 1 is 1.28 bits per heavy atom. The molecule has 1 nitrogen and oxygen atoms in total. The van der Waals surface area contributed by atoms with E-state index in [9.17, 15) is 0 Å². The van der Waals surface area contributed by atoms with E-state index in [1.54, 1.807) is 0 Å². The van der Waals surface area contributed by atoms with Crippen molar-refractivity contribution in [1.82, 2.24) is 5.32 Å². The van der Waals surface area contributed by atoms with Crippen molar-refractivity contribution >= 4 is 11.3 Å². The van der Waals surface area contributed by atoms with Gasteiger partial charge in [-0.05, 0) is 49.0 Å². The predicted molar refractivity (Wildman–Crippen MR) is 81.1 cm³/mol. The Morgan fingerprint density at radius 3 is 2.50 bits per heavy atom. The molecule has 1 saturated carbocycles. The maximum Gasteiger partial charge on any atom is 0.0440 e. The van der Waals surface area contributed by atoms with Crippen molar-refractivity contribution in [3.05, 3.63) is 22.4 Å². The van der Waals surface area contributed by atoms with E-state index < -0.39 is 0 Å². The van der Waals surface area contributed by atoms with Crippen molar-refractivity contribution in [1.29, 1.82) is 0 Å². The molecule has 0 radical (unpaired) electrons. The number of nitrogens with one attached hydrogen (secondary N) is 1. The van der Waals surface area contributed by atoms with Crippen LogP contribution in [0, 0.1) is 11.8 Å². The van der Waals surface area contributed by atoms with Gasteiger partial charge in [0.15, 0.2) is 0 Å². The van der Waals surface area contributed by atoms with Crippen LogP contribution in [0.4, 0.5) is 0 Å². The second-order valence-electron chi connectivity index (χ2n) is 6.03. The largest absolute Gasteiger partial charge is 0.306 e. The highest BCUT2D eigenvalue weighted by molar-refractivity contribution is 7.10. The van der Waals surface area contributed by atoms with E-state index >= 15 is 0 Å². The number of thiophene rings is 1. The van der Waals surface area contributed by atoms with E-state index in [-0.39, 0.29) is 0 Å². The van der Waals surface area contributed by atoms with Crippen molar-refractivity contribution in [2.45, 2.75) is 65.0 Å². The summed E-state index contributed by atoms with van der Waals surface area (Å²) in [5, 5.41) is 6.11. The van der Waals surface area contributed by atoms with Crippen molar-refractivity contribution in [2.24, 2.45) is 11.8 Å². The van der Waals surface area contributed by atoms with Crippen LogP contribution in [0.3, 0.4) is 0 Å². The third kappa shape index (κ3) is 3.58. The number of hydrogen-bond donors (Lipinski definition) is 1. The zero-order chi connectivity index (χ0) is 13.0. The van der Waals surface area contributed by atoms with E-state index in [4.69, 9.17) is 0 Å². The summed E-state index contributed by atoms with van der Waals surface area (Å²) in [7, 11) is 0. The molecule has 1 unspecified atom stereocenters. The van der Waals surface area contributed by atoms with Gasteiger partial charge in [0.25, 0.3) is 0 Å². The second-order valence-corrected chi connectivity index (χ2v) is 7.01. The molecule has 102 valence electrons. The molecule has 0 bridgehead atoms. The molecule has 1 heterocycles. The van der Waals surface area contributed by atoms with Crippen LogP contribution in [-0.4, -0.2) is 6.04 Å². The lowest BCUT2D eigenvalue weighted by Gasteiger charge is -2.33. The zero-order valence-electron chi connectivity index (χ0n) is 12.0. The summed E-state index contributed by atoms with van der Waals surface area (Å²) in [4.78, 5) is 1.50. The first-order valence-electron chi connectivity index (χ1n) is 7.50. The molecule has 18 heavy (non-hydrogen) atoms. The maximum atomic E-state index is 3.91. The topological polar surface area (TPSA) is 12.0 Å². The molecule has 0 aromatic carbocycles. The molecule has 1 fully saturated rings. The Bertz CT molecular complexity index is 323. The molecule has 1 aliphatic rings. The molecule has 0 amide bonds. The molecule has 0 aliphatic heterocycles. The summed E-state index contributed by atoms with van der Waals surface area (Å²) in [6.07, 6.45) is 6.94. The summed E-state index contributed by atoms with van der Waals surface area (Å²) in [5.74, 6) is 1.66. The van der Waals surface area contributed by atoms with Gasteiger partial charge in [-0.25, -0.2) is 0 Å². The van der Waals surface area contributed by atoms with Gasteiger partial charge in [0, 0.05) is 17.0 Å². The smallest absolute Gasteiger partial charge is 0.0440 e. The Kier molecular flexibility index (Phi) is 5.25. The standard InChI is InChI=1S/C16H27NS/c1-4-13-7-9-14(10-8-13)17-16(12(2)3)15-6-5-11-18-15/h5-6,11-14,16-17H,4,7-10H2,1-3H3. The molecule has 0 saturated heterocycles. The Labute approximate surface area is 116 Å². The summed E-state index contributed by atoms with van der Waals surface area (Å²) in [5.41, 5.74) is 0. The number of rotatable bonds is 5. The van der Waals surface area contributed by atoms with Crippen LogP contribution in [0.5, 0.6) is 0 Å². The molecule has 1 aliphatic carbocycles. The summed E-state index contributed by atoms with van der Waals surface area (Å²) in [6.45, 7) is 6.99. The van der Waals surface area contributed by atoms with Crippen LogP contribution in [0.1, 0.15) is 63.8 Å². The molecule has 1 N–H and O–H groups in total. The Hall–Kier alpha value is -0.340. The molecule has 2 rings (SSSR count). The first-order chi connectivity index (χ1) is 8.70. The lowest BCUT2D eigenvalue weighted by atomic mass is 9.84. The minimum Gasteiger partial charge on any atom is -0.306 e. The zero-order valence-corrected chi connectivity index (χ0v) is 12.8. The summed E-state index contributed by atoms with van der Waals surface area (Å²) in [6, 6.07) is 5.74. The van der Waals surface area contributed by atoms with Gasteiger partial charge in [-0.15, -0.1) is 11.3 Å². The van der Waals surface area contributed by atoms with Crippen LogP contribution in [0.2, 0.25) is 0 Å². The molecule has 0 spiro atoms. The Morgan fingerprint density at radius 2 is 2.00 bits per heavy atom. The number of hydrogen-bond acceptors (Lipinski definition) is 2. The second kappa shape index (κ2) is 6.72. The van der Waals surface area contributed by atoms with Crippen LogP contribution in [0.15, 0.2) is 17.5 Å². The Balaban J connectivity index is 1.90. The van der Waals surface area contributed by atoms with Gasteiger partial charge in [-0.1, -0.05) is 33.3 Å². The van der Waals surface area contributed by atoms with E-state index in [2.05, 4.69) is 43.6 Å². The van der Waals surface area contributed by atoms with Gasteiger partial charge in [-0.2, -0.15) is 0 Å². The van der Waals surface area contributed by atoms with Crippen molar-refractivity contribution in [3.63, 3.8) is 0 Å². The summed E-state index contributed by atoms with van der Waals surface area (Å²) >= 11 is 1.89. The summed E-state index contributed by atoms with van der Waals surface area (Å²) < 4.78 is 0. The molecular weight excluding hydrogens is 238 g/mol. The first-order valence-corrected chi connectivity index (χ1v) is 8.38. The minimum atomic E-state index is 0.549. The highest BCUT2D eigenvalue weighted by Crippen LogP contribution is 2.31. The highest BCUT2D eigenvalue weighted by atomic mass is 32.1. The van der Waals surface area contributed by atoms with Crippen molar-refractivity contribution in [2.75, 3.05) is 0 Å². The van der Waals surface area contributed by atoms with Gasteiger partial charge < -0.3 is 5.32 Å². The fraction of sp³-hybridized carbons (Fsp3) is 0.750. The molecule has 1 atom stereocenters. The van der Waals surface area contributed by atoms with Gasteiger partial charge in [-0.3, -0.25) is 0 Å². The van der Waals surface area contributed by atoms with E-state index in [1.807, 2.05) is 11.3 Å². The molecule has 1 aromatic heterocycles. The van der Waals surface area contributed by atoms with E-state index in [0.29, 0.717) is 12.0 Å². The molecule has 1 aromatic rings. The molecular formula is C16H27NS. The average Bonchev–Trinajstić information content (AvgIpc) is 2.90. The average molecular weight is 265 g/mol. The fourth-order valence-corrected chi connectivity index (χ4v) is 4.02. The maximum absolute atomic E-state index is 3.91. The van der Waals surface area contributed by atoms with Gasteiger partial charge in [0.2, 0.25) is 0 Å². The van der Waals surface area contributed by atoms with E-state index in [1.165, 1.54) is 37.0 Å². The lowest BCUT2D eigenvalue weighted by Crippen LogP contribution is -2.37.